The van der Waals surface area contributed by atoms with Gasteiger partial charge in [-0.25, -0.2) is 9.50 Å². The van der Waals surface area contributed by atoms with Crippen molar-refractivity contribution in [2.45, 2.75) is 53.9 Å². The van der Waals surface area contributed by atoms with E-state index < -0.39 is 0 Å². The fraction of sp³-hybridized carbons (Fsp3) is 0.611. The van der Waals surface area contributed by atoms with E-state index in [1.165, 1.54) is 0 Å². The number of nitrogens with zero attached hydrogens (tertiary/aromatic N) is 3. The molecule has 6 heteroatoms. The van der Waals surface area contributed by atoms with Crippen molar-refractivity contribution in [2.75, 3.05) is 13.2 Å². The Kier molecular flexibility index (Phi) is 5.59. The van der Waals surface area contributed by atoms with Crippen LogP contribution in [-0.2, 0) is 0 Å². The molecule has 0 bridgehead atoms. The van der Waals surface area contributed by atoms with Crippen molar-refractivity contribution >= 4 is 11.6 Å². The highest BCUT2D eigenvalue weighted by atomic mass is 16.3. The number of aliphatic hydroxyl groups is 1. The van der Waals surface area contributed by atoms with Crippen LogP contribution in [0.2, 0.25) is 0 Å². The Morgan fingerprint density at radius 2 is 1.96 bits per heavy atom. The summed E-state index contributed by atoms with van der Waals surface area (Å²) in [5, 5.41) is 16.8. The molecule has 6 nitrogen and oxygen atoms in total. The molecule has 0 aliphatic carbocycles. The minimum absolute atomic E-state index is 0.0689. The molecule has 1 amide bonds. The van der Waals surface area contributed by atoms with Gasteiger partial charge in [-0.1, -0.05) is 13.8 Å². The van der Waals surface area contributed by atoms with Gasteiger partial charge in [-0.2, -0.15) is 5.10 Å². The Morgan fingerprint density at radius 1 is 1.29 bits per heavy atom. The summed E-state index contributed by atoms with van der Waals surface area (Å²) in [7, 11) is 0. The van der Waals surface area contributed by atoms with E-state index in [-0.39, 0.29) is 17.9 Å². The molecule has 0 aromatic carbocycles. The van der Waals surface area contributed by atoms with Crippen LogP contribution in [0, 0.1) is 26.2 Å². The van der Waals surface area contributed by atoms with Gasteiger partial charge in [-0.15, -0.1) is 0 Å². The second-order valence-electron chi connectivity index (χ2n) is 6.60. The highest BCUT2D eigenvalue weighted by Crippen LogP contribution is 2.29. The first-order valence-corrected chi connectivity index (χ1v) is 8.60. The Morgan fingerprint density at radius 3 is 2.54 bits per heavy atom. The molecule has 2 N–H and O–H groups in total. The van der Waals surface area contributed by atoms with E-state index in [0.29, 0.717) is 29.9 Å². The van der Waals surface area contributed by atoms with Crippen LogP contribution in [0.3, 0.4) is 0 Å². The van der Waals surface area contributed by atoms with E-state index in [4.69, 9.17) is 0 Å². The van der Waals surface area contributed by atoms with Gasteiger partial charge in [0.1, 0.15) is 5.56 Å². The standard InChI is InChI=1S/C18H28N4O2/c1-6-18(7-2,8-9-23)11-19-17(24)15-14(5)21-22-13(4)10-12(3)20-16(15)22/h10,23H,6-9,11H2,1-5H3,(H,19,24). The van der Waals surface area contributed by atoms with E-state index in [9.17, 15) is 9.90 Å². The molecule has 132 valence electrons. The van der Waals surface area contributed by atoms with Crippen molar-refractivity contribution in [2.24, 2.45) is 5.41 Å². The number of aryl methyl sites for hydroxylation is 3. The second-order valence-corrected chi connectivity index (χ2v) is 6.60. The first-order valence-electron chi connectivity index (χ1n) is 8.60. The summed E-state index contributed by atoms with van der Waals surface area (Å²) in [6.45, 7) is 10.6. The fourth-order valence-electron chi connectivity index (χ4n) is 3.23. The van der Waals surface area contributed by atoms with Crippen LogP contribution < -0.4 is 5.32 Å². The average molecular weight is 332 g/mol. The molecule has 0 aliphatic heterocycles. The molecule has 0 spiro atoms. The predicted octanol–water partition coefficient (Wildman–Crippen LogP) is 2.57. The molecule has 2 rings (SSSR count). The Labute approximate surface area is 143 Å². The molecular formula is C18H28N4O2. The number of aromatic nitrogens is 3. The maximum Gasteiger partial charge on any atom is 0.257 e. The van der Waals surface area contributed by atoms with Crippen molar-refractivity contribution in [1.29, 1.82) is 0 Å². The minimum atomic E-state index is -0.149. The summed E-state index contributed by atoms with van der Waals surface area (Å²) in [6.07, 6.45) is 2.51. The van der Waals surface area contributed by atoms with Crippen molar-refractivity contribution in [3.05, 3.63) is 28.7 Å². The number of carbonyl (C=O) groups excluding carboxylic acids is 1. The third-order valence-electron chi connectivity index (χ3n) is 5.06. The number of fused-ring (bicyclic) bond motifs is 1. The summed E-state index contributed by atoms with van der Waals surface area (Å²) < 4.78 is 1.72. The molecule has 0 radical (unpaired) electrons. The molecule has 2 aromatic rings. The van der Waals surface area contributed by atoms with Gasteiger partial charge in [0, 0.05) is 24.5 Å². The zero-order valence-electron chi connectivity index (χ0n) is 15.3. The van der Waals surface area contributed by atoms with Crippen molar-refractivity contribution in [1.82, 2.24) is 19.9 Å². The van der Waals surface area contributed by atoms with Gasteiger partial charge in [0.15, 0.2) is 5.65 Å². The van der Waals surface area contributed by atoms with Crippen LogP contribution in [0.25, 0.3) is 5.65 Å². The maximum atomic E-state index is 12.8. The van der Waals surface area contributed by atoms with E-state index in [2.05, 4.69) is 29.2 Å². The molecule has 0 aliphatic rings. The lowest BCUT2D eigenvalue weighted by Gasteiger charge is -2.31. The maximum absolute atomic E-state index is 12.8. The summed E-state index contributed by atoms with van der Waals surface area (Å²) in [5.41, 5.74) is 3.56. The van der Waals surface area contributed by atoms with E-state index in [0.717, 1.165) is 24.2 Å². The van der Waals surface area contributed by atoms with Crippen LogP contribution >= 0.6 is 0 Å². The molecule has 0 saturated heterocycles. The van der Waals surface area contributed by atoms with Crippen LogP contribution in [0.15, 0.2) is 6.07 Å². The van der Waals surface area contributed by atoms with Gasteiger partial charge in [-0.05, 0) is 51.5 Å². The zero-order valence-corrected chi connectivity index (χ0v) is 15.3. The molecule has 0 saturated carbocycles. The molecule has 2 heterocycles. The zero-order chi connectivity index (χ0) is 17.9. The second kappa shape index (κ2) is 7.30. The molecule has 0 unspecified atom stereocenters. The smallest absolute Gasteiger partial charge is 0.257 e. The van der Waals surface area contributed by atoms with Crippen LogP contribution in [0.4, 0.5) is 0 Å². The SMILES string of the molecule is CCC(CC)(CCO)CNC(=O)c1c(C)nn2c(C)cc(C)nc12. The van der Waals surface area contributed by atoms with Gasteiger partial charge >= 0.3 is 0 Å². The number of amides is 1. The topological polar surface area (TPSA) is 79.5 Å². The molecule has 0 fully saturated rings. The normalized spacial score (nSPS) is 11.9. The average Bonchev–Trinajstić information content (AvgIpc) is 2.88. The summed E-state index contributed by atoms with van der Waals surface area (Å²) in [6, 6.07) is 1.95. The van der Waals surface area contributed by atoms with Crippen molar-refractivity contribution in [3.8, 4) is 0 Å². The number of nitrogens with one attached hydrogen (secondary N) is 1. The molecular weight excluding hydrogens is 304 g/mol. The largest absolute Gasteiger partial charge is 0.396 e. The molecule has 2 aromatic heterocycles. The van der Waals surface area contributed by atoms with Crippen molar-refractivity contribution < 1.29 is 9.90 Å². The van der Waals surface area contributed by atoms with Crippen LogP contribution in [-0.4, -0.2) is 38.8 Å². The fourth-order valence-corrected chi connectivity index (χ4v) is 3.23. The summed E-state index contributed by atoms with van der Waals surface area (Å²) in [4.78, 5) is 17.3. The van der Waals surface area contributed by atoms with E-state index in [1.807, 2.05) is 26.8 Å². The Hall–Kier alpha value is -1.95. The first-order chi connectivity index (χ1) is 11.4. The van der Waals surface area contributed by atoms with E-state index >= 15 is 0 Å². The number of carbonyl (C=O) groups is 1. The van der Waals surface area contributed by atoms with Crippen molar-refractivity contribution in [3.63, 3.8) is 0 Å². The highest BCUT2D eigenvalue weighted by Gasteiger charge is 2.27. The first kappa shape index (κ1) is 18.4. The lowest BCUT2D eigenvalue weighted by Crippen LogP contribution is -2.38. The Bertz CT molecular complexity index is 732. The minimum Gasteiger partial charge on any atom is -0.396 e. The predicted molar refractivity (Wildman–Crippen MR) is 94.2 cm³/mol. The summed E-state index contributed by atoms with van der Waals surface area (Å²) >= 11 is 0. The van der Waals surface area contributed by atoms with Gasteiger partial charge in [-0.3, -0.25) is 4.79 Å². The summed E-state index contributed by atoms with van der Waals surface area (Å²) in [5.74, 6) is -0.149. The third kappa shape index (κ3) is 3.43. The quantitative estimate of drug-likeness (QED) is 0.817. The number of hydrogen-bond donors (Lipinski definition) is 2. The van der Waals surface area contributed by atoms with Crippen LogP contribution in [0.1, 0.15) is 60.5 Å². The van der Waals surface area contributed by atoms with Gasteiger partial charge in [0.25, 0.3) is 5.91 Å². The number of hydrogen-bond acceptors (Lipinski definition) is 4. The molecule has 24 heavy (non-hydrogen) atoms. The van der Waals surface area contributed by atoms with Gasteiger partial charge in [0.2, 0.25) is 0 Å². The van der Waals surface area contributed by atoms with Crippen LogP contribution in [0.5, 0.6) is 0 Å². The number of rotatable bonds is 7. The lowest BCUT2D eigenvalue weighted by atomic mass is 9.79. The number of aliphatic hydroxyl groups excluding tert-OH is 1. The Balaban J connectivity index is 2.30. The lowest BCUT2D eigenvalue weighted by molar-refractivity contribution is 0.0908. The molecule has 0 atom stereocenters. The monoisotopic (exact) mass is 332 g/mol. The van der Waals surface area contributed by atoms with Gasteiger partial charge < -0.3 is 10.4 Å². The highest BCUT2D eigenvalue weighted by molar-refractivity contribution is 6.01. The third-order valence-corrected chi connectivity index (χ3v) is 5.06. The van der Waals surface area contributed by atoms with E-state index in [1.54, 1.807) is 4.52 Å². The van der Waals surface area contributed by atoms with Gasteiger partial charge in [0.05, 0.1) is 5.69 Å².